The summed E-state index contributed by atoms with van der Waals surface area (Å²) in [5, 5.41) is 0. The Kier molecular flexibility index (Phi) is 4.29. The molecule has 0 spiro atoms. The molecule has 2 N–H and O–H groups in total. The summed E-state index contributed by atoms with van der Waals surface area (Å²) in [5.74, 6) is -0.0240. The second-order valence-corrected chi connectivity index (χ2v) is 3.71. The summed E-state index contributed by atoms with van der Waals surface area (Å²) in [7, 11) is 0. The van der Waals surface area contributed by atoms with Crippen LogP contribution in [0.2, 0.25) is 0 Å². The molecule has 0 fully saturated rings. The molecule has 3 heteroatoms. The van der Waals surface area contributed by atoms with Gasteiger partial charge in [0.15, 0.2) is 6.23 Å². The molecule has 1 aliphatic rings. The van der Waals surface area contributed by atoms with Crippen LogP contribution in [0.5, 0.6) is 0 Å². The average Bonchev–Trinajstić information content (AvgIpc) is 2.18. The van der Waals surface area contributed by atoms with Crippen molar-refractivity contribution in [1.29, 1.82) is 0 Å². The van der Waals surface area contributed by atoms with E-state index < -0.39 is 6.23 Å². The number of Topliss-reactive ketones (excluding diaryl/α,β-unsaturated/α-hetero) is 1. The quantitative estimate of drug-likeness (QED) is 0.699. The van der Waals surface area contributed by atoms with Crippen molar-refractivity contribution < 1.29 is 9.53 Å². The minimum atomic E-state index is -0.761. The van der Waals surface area contributed by atoms with Gasteiger partial charge in [-0.05, 0) is 45.1 Å². The molecule has 0 saturated carbocycles. The van der Waals surface area contributed by atoms with Crippen molar-refractivity contribution in [3.8, 4) is 0 Å². The SMILES string of the molecule is CCOC(N)C(=O)C1=C(C)CCCC1. The van der Waals surface area contributed by atoms with Crippen LogP contribution in [0.25, 0.3) is 0 Å². The number of nitrogens with two attached hydrogens (primary N) is 1. The van der Waals surface area contributed by atoms with Gasteiger partial charge < -0.3 is 4.74 Å². The summed E-state index contributed by atoms with van der Waals surface area (Å²) in [6.07, 6.45) is 3.41. The first-order chi connectivity index (χ1) is 6.66. The van der Waals surface area contributed by atoms with Gasteiger partial charge in [0.1, 0.15) is 0 Å². The third-order valence-corrected chi connectivity index (χ3v) is 2.65. The van der Waals surface area contributed by atoms with Crippen molar-refractivity contribution in [1.82, 2.24) is 0 Å². The average molecular weight is 197 g/mol. The van der Waals surface area contributed by atoms with Crippen molar-refractivity contribution in [2.75, 3.05) is 6.61 Å². The number of hydrogen-bond donors (Lipinski definition) is 1. The highest BCUT2D eigenvalue weighted by atomic mass is 16.5. The largest absolute Gasteiger partial charge is 0.356 e. The summed E-state index contributed by atoms with van der Waals surface area (Å²) in [6.45, 7) is 4.35. The van der Waals surface area contributed by atoms with Gasteiger partial charge in [0.05, 0.1) is 0 Å². The highest BCUT2D eigenvalue weighted by molar-refractivity contribution is 5.99. The van der Waals surface area contributed by atoms with Gasteiger partial charge in [-0.15, -0.1) is 0 Å². The zero-order valence-corrected chi connectivity index (χ0v) is 9.01. The fourth-order valence-electron chi connectivity index (χ4n) is 1.82. The second-order valence-electron chi connectivity index (χ2n) is 3.71. The van der Waals surface area contributed by atoms with E-state index in [4.69, 9.17) is 10.5 Å². The number of rotatable bonds is 4. The Bertz CT molecular complexity index is 246. The Morgan fingerprint density at radius 2 is 2.14 bits per heavy atom. The molecule has 0 radical (unpaired) electrons. The van der Waals surface area contributed by atoms with Crippen LogP contribution in [0.1, 0.15) is 39.5 Å². The Hall–Kier alpha value is -0.670. The summed E-state index contributed by atoms with van der Waals surface area (Å²) < 4.78 is 5.10. The van der Waals surface area contributed by atoms with Crippen LogP contribution in [0, 0.1) is 0 Å². The highest BCUT2D eigenvalue weighted by Gasteiger charge is 2.21. The Balaban J connectivity index is 2.67. The topological polar surface area (TPSA) is 52.3 Å². The first-order valence-electron chi connectivity index (χ1n) is 5.26. The molecule has 0 aliphatic heterocycles. The zero-order chi connectivity index (χ0) is 10.6. The first-order valence-corrected chi connectivity index (χ1v) is 5.26. The lowest BCUT2D eigenvalue weighted by Crippen LogP contribution is -2.35. The number of hydrogen-bond acceptors (Lipinski definition) is 3. The van der Waals surface area contributed by atoms with Crippen LogP contribution in [-0.2, 0) is 9.53 Å². The maximum atomic E-state index is 11.8. The van der Waals surface area contributed by atoms with Crippen molar-refractivity contribution in [2.45, 2.75) is 45.8 Å². The Morgan fingerprint density at radius 1 is 1.50 bits per heavy atom. The van der Waals surface area contributed by atoms with E-state index in [1.54, 1.807) is 0 Å². The number of ketones is 1. The molecule has 0 aromatic heterocycles. The van der Waals surface area contributed by atoms with E-state index in [1.165, 1.54) is 12.0 Å². The van der Waals surface area contributed by atoms with Crippen molar-refractivity contribution in [3.05, 3.63) is 11.1 Å². The number of carbonyl (C=O) groups is 1. The molecule has 0 heterocycles. The van der Waals surface area contributed by atoms with Crippen LogP contribution >= 0.6 is 0 Å². The van der Waals surface area contributed by atoms with Gasteiger partial charge >= 0.3 is 0 Å². The number of allylic oxidation sites excluding steroid dienone is 1. The summed E-state index contributed by atoms with van der Waals surface area (Å²) in [6, 6.07) is 0. The molecule has 1 unspecified atom stereocenters. The Labute approximate surface area is 85.3 Å². The van der Waals surface area contributed by atoms with E-state index in [-0.39, 0.29) is 5.78 Å². The Morgan fingerprint density at radius 3 is 2.71 bits per heavy atom. The lowest BCUT2D eigenvalue weighted by Gasteiger charge is -2.19. The van der Waals surface area contributed by atoms with Gasteiger partial charge in [0.2, 0.25) is 5.78 Å². The minimum absolute atomic E-state index is 0.0240. The van der Waals surface area contributed by atoms with Gasteiger partial charge in [0, 0.05) is 6.61 Å². The molecule has 0 aromatic rings. The van der Waals surface area contributed by atoms with E-state index in [9.17, 15) is 4.79 Å². The molecule has 1 aliphatic carbocycles. The standard InChI is InChI=1S/C11H19NO2/c1-3-14-11(12)10(13)9-7-5-4-6-8(9)2/h11H,3-7,12H2,1-2H3. The van der Waals surface area contributed by atoms with E-state index in [0.29, 0.717) is 6.61 Å². The van der Waals surface area contributed by atoms with E-state index in [1.807, 2.05) is 13.8 Å². The lowest BCUT2D eigenvalue weighted by molar-refractivity contribution is -0.126. The van der Waals surface area contributed by atoms with E-state index in [0.717, 1.165) is 24.8 Å². The van der Waals surface area contributed by atoms with Crippen molar-refractivity contribution in [3.63, 3.8) is 0 Å². The van der Waals surface area contributed by atoms with Crippen LogP contribution in [0.15, 0.2) is 11.1 Å². The fraction of sp³-hybridized carbons (Fsp3) is 0.727. The summed E-state index contributed by atoms with van der Waals surface area (Å²) >= 11 is 0. The highest BCUT2D eigenvalue weighted by Crippen LogP contribution is 2.25. The molecular formula is C11H19NO2. The molecule has 0 aromatic carbocycles. The molecule has 0 bridgehead atoms. The molecular weight excluding hydrogens is 178 g/mol. The van der Waals surface area contributed by atoms with Crippen LogP contribution in [-0.4, -0.2) is 18.6 Å². The number of carbonyl (C=O) groups excluding carboxylic acids is 1. The predicted octanol–water partition coefficient (Wildman–Crippen LogP) is 1.77. The molecule has 80 valence electrons. The maximum absolute atomic E-state index is 11.8. The van der Waals surface area contributed by atoms with Gasteiger partial charge in [-0.3, -0.25) is 10.5 Å². The number of ether oxygens (including phenoxy) is 1. The van der Waals surface area contributed by atoms with Gasteiger partial charge in [-0.1, -0.05) is 5.57 Å². The van der Waals surface area contributed by atoms with Crippen LogP contribution in [0.4, 0.5) is 0 Å². The van der Waals surface area contributed by atoms with Crippen molar-refractivity contribution >= 4 is 5.78 Å². The monoisotopic (exact) mass is 197 g/mol. The zero-order valence-electron chi connectivity index (χ0n) is 9.01. The third kappa shape index (κ3) is 2.66. The summed E-state index contributed by atoms with van der Waals surface area (Å²) in [4.78, 5) is 11.8. The smallest absolute Gasteiger partial charge is 0.202 e. The van der Waals surface area contributed by atoms with Crippen LogP contribution < -0.4 is 5.73 Å². The third-order valence-electron chi connectivity index (χ3n) is 2.65. The predicted molar refractivity (Wildman–Crippen MR) is 55.8 cm³/mol. The molecule has 0 saturated heterocycles. The molecule has 1 atom stereocenters. The van der Waals surface area contributed by atoms with Crippen LogP contribution in [0.3, 0.4) is 0 Å². The van der Waals surface area contributed by atoms with Gasteiger partial charge in [-0.2, -0.15) is 0 Å². The molecule has 1 rings (SSSR count). The minimum Gasteiger partial charge on any atom is -0.356 e. The molecule has 0 amide bonds. The maximum Gasteiger partial charge on any atom is 0.202 e. The first kappa shape index (κ1) is 11.4. The summed E-state index contributed by atoms with van der Waals surface area (Å²) in [5.41, 5.74) is 7.71. The normalized spacial score (nSPS) is 19.6. The lowest BCUT2D eigenvalue weighted by atomic mass is 9.90. The van der Waals surface area contributed by atoms with E-state index in [2.05, 4.69) is 0 Å². The van der Waals surface area contributed by atoms with Gasteiger partial charge in [0.25, 0.3) is 0 Å². The van der Waals surface area contributed by atoms with E-state index >= 15 is 0 Å². The molecule has 14 heavy (non-hydrogen) atoms. The second kappa shape index (κ2) is 5.27. The van der Waals surface area contributed by atoms with Crippen molar-refractivity contribution in [2.24, 2.45) is 5.73 Å². The molecule has 3 nitrogen and oxygen atoms in total. The van der Waals surface area contributed by atoms with Gasteiger partial charge in [-0.25, -0.2) is 0 Å². The fourth-order valence-corrected chi connectivity index (χ4v) is 1.82.